The molecule has 27 heavy (non-hydrogen) atoms. The van der Waals surface area contributed by atoms with Crippen LogP contribution in [0.5, 0.6) is 0 Å². The van der Waals surface area contributed by atoms with E-state index in [1.807, 2.05) is 0 Å². The van der Waals surface area contributed by atoms with Crippen molar-refractivity contribution >= 4 is 12.0 Å². The van der Waals surface area contributed by atoms with Gasteiger partial charge in [0, 0.05) is 13.1 Å². The van der Waals surface area contributed by atoms with Gasteiger partial charge in [0.1, 0.15) is 11.6 Å². The summed E-state index contributed by atoms with van der Waals surface area (Å²) in [7, 11) is 2.17. The van der Waals surface area contributed by atoms with Gasteiger partial charge in [0.25, 0.3) is 0 Å². The molecule has 2 amide bonds. The molecule has 7 heteroatoms. The van der Waals surface area contributed by atoms with Crippen molar-refractivity contribution in [1.82, 2.24) is 15.1 Å². The highest BCUT2D eigenvalue weighted by molar-refractivity contribution is 5.86. The van der Waals surface area contributed by atoms with Crippen LogP contribution in [0.15, 0.2) is 0 Å². The molecule has 0 aromatic heterocycles. The van der Waals surface area contributed by atoms with Crippen molar-refractivity contribution in [3.63, 3.8) is 0 Å². The van der Waals surface area contributed by atoms with Crippen molar-refractivity contribution in [1.29, 1.82) is 0 Å². The summed E-state index contributed by atoms with van der Waals surface area (Å²) in [4.78, 5) is 29.0. The van der Waals surface area contributed by atoms with Crippen LogP contribution >= 0.6 is 0 Å². The van der Waals surface area contributed by atoms with Crippen molar-refractivity contribution in [2.24, 2.45) is 11.8 Å². The van der Waals surface area contributed by atoms with E-state index in [-0.39, 0.29) is 5.91 Å². The second kappa shape index (κ2) is 9.24. The largest absolute Gasteiger partial charge is 0.444 e. The first kappa shape index (κ1) is 22.0. The summed E-state index contributed by atoms with van der Waals surface area (Å²) in [6.45, 7) is 10.5. The molecule has 0 spiro atoms. The van der Waals surface area contributed by atoms with Gasteiger partial charge < -0.3 is 25.0 Å². The first-order valence-electron chi connectivity index (χ1n) is 10.2. The van der Waals surface area contributed by atoms with Crippen LogP contribution in [0.4, 0.5) is 4.79 Å². The number of nitrogens with one attached hydrogen (secondary N) is 1. The number of aliphatic hydroxyl groups is 1. The van der Waals surface area contributed by atoms with E-state index in [0.29, 0.717) is 19.0 Å². The van der Waals surface area contributed by atoms with Crippen molar-refractivity contribution in [3.05, 3.63) is 0 Å². The summed E-state index contributed by atoms with van der Waals surface area (Å²) in [5.41, 5.74) is -0.650. The first-order chi connectivity index (χ1) is 12.6. The number of rotatable bonds is 4. The van der Waals surface area contributed by atoms with Gasteiger partial charge in [0.05, 0.1) is 6.10 Å². The Morgan fingerprint density at radius 3 is 1.96 bits per heavy atom. The van der Waals surface area contributed by atoms with Crippen LogP contribution in [0, 0.1) is 11.8 Å². The fourth-order valence-electron chi connectivity index (χ4n) is 4.11. The molecule has 2 aliphatic heterocycles. The Kier molecular flexibility index (Phi) is 7.51. The standard InChI is InChI=1S/C20H37N3O4/c1-14(24)17(21-19(26)27-20(2,3)4)18(25)23-12-8-16(9-13-23)15-6-10-22(5)11-7-15/h14-17,24H,6-13H2,1-5H3,(H,21,26)/t14-,17-/m1/s1. The molecule has 2 atom stereocenters. The number of hydrogen-bond donors (Lipinski definition) is 2. The summed E-state index contributed by atoms with van der Waals surface area (Å²) in [5.74, 6) is 1.20. The molecule has 0 aliphatic carbocycles. The van der Waals surface area contributed by atoms with E-state index in [9.17, 15) is 14.7 Å². The average molecular weight is 384 g/mol. The second-order valence-corrected chi connectivity index (χ2v) is 9.17. The van der Waals surface area contributed by atoms with E-state index in [1.165, 1.54) is 19.8 Å². The van der Waals surface area contributed by atoms with Crippen LogP contribution in [0.1, 0.15) is 53.4 Å². The molecule has 2 heterocycles. The highest BCUT2D eigenvalue weighted by Crippen LogP contribution is 2.32. The summed E-state index contributed by atoms with van der Waals surface area (Å²) < 4.78 is 5.23. The Bertz CT molecular complexity index is 502. The number of aliphatic hydroxyl groups excluding tert-OH is 1. The van der Waals surface area contributed by atoms with Gasteiger partial charge in [-0.15, -0.1) is 0 Å². The van der Waals surface area contributed by atoms with Crippen LogP contribution < -0.4 is 5.32 Å². The third-order valence-corrected chi connectivity index (χ3v) is 5.70. The third-order valence-electron chi connectivity index (χ3n) is 5.70. The predicted molar refractivity (Wildman–Crippen MR) is 104 cm³/mol. The summed E-state index contributed by atoms with van der Waals surface area (Å²) in [5, 5.41) is 12.6. The number of carbonyl (C=O) groups is 2. The van der Waals surface area contributed by atoms with E-state index in [2.05, 4.69) is 17.3 Å². The van der Waals surface area contributed by atoms with Crippen molar-refractivity contribution in [3.8, 4) is 0 Å². The van der Waals surface area contributed by atoms with Gasteiger partial charge in [-0.25, -0.2) is 4.79 Å². The summed E-state index contributed by atoms with van der Waals surface area (Å²) in [6.07, 6.45) is 2.83. The number of piperidine rings is 2. The lowest BCUT2D eigenvalue weighted by Gasteiger charge is -2.40. The Morgan fingerprint density at radius 1 is 1.04 bits per heavy atom. The molecule has 0 bridgehead atoms. The van der Waals surface area contributed by atoms with Gasteiger partial charge >= 0.3 is 6.09 Å². The first-order valence-corrected chi connectivity index (χ1v) is 10.2. The maximum Gasteiger partial charge on any atom is 0.408 e. The van der Waals surface area contributed by atoms with Gasteiger partial charge in [-0.1, -0.05) is 0 Å². The smallest absolute Gasteiger partial charge is 0.408 e. The maximum atomic E-state index is 12.9. The molecular formula is C20H37N3O4. The number of hydrogen-bond acceptors (Lipinski definition) is 5. The quantitative estimate of drug-likeness (QED) is 0.774. The van der Waals surface area contributed by atoms with Gasteiger partial charge in [-0.05, 0) is 85.4 Å². The van der Waals surface area contributed by atoms with Crippen LogP contribution in [0.2, 0.25) is 0 Å². The zero-order valence-electron chi connectivity index (χ0n) is 17.5. The fourth-order valence-corrected chi connectivity index (χ4v) is 4.11. The van der Waals surface area contributed by atoms with Crippen LogP contribution in [-0.4, -0.2) is 77.9 Å². The minimum absolute atomic E-state index is 0.224. The number of nitrogens with zero attached hydrogens (tertiary/aromatic N) is 2. The molecule has 2 N–H and O–H groups in total. The lowest BCUT2D eigenvalue weighted by atomic mass is 9.79. The maximum absolute atomic E-state index is 12.9. The SMILES string of the molecule is C[C@@H](O)[C@@H](NC(=O)OC(C)(C)C)C(=O)N1CCC(C2CCN(C)CC2)CC1. The zero-order valence-corrected chi connectivity index (χ0v) is 17.5. The number of ether oxygens (including phenoxy) is 1. The summed E-state index contributed by atoms with van der Waals surface area (Å²) >= 11 is 0. The van der Waals surface area contributed by atoms with Crippen molar-refractivity contribution < 1.29 is 19.4 Å². The third kappa shape index (κ3) is 6.64. The lowest BCUT2D eigenvalue weighted by Crippen LogP contribution is -2.56. The molecule has 0 unspecified atom stereocenters. The molecule has 2 fully saturated rings. The molecule has 156 valence electrons. The zero-order chi connectivity index (χ0) is 20.2. The molecule has 7 nitrogen and oxygen atoms in total. The number of likely N-dealkylation sites (tertiary alicyclic amines) is 2. The molecule has 2 saturated heterocycles. The van der Waals surface area contributed by atoms with Gasteiger partial charge in [-0.3, -0.25) is 4.79 Å². The normalized spacial score (nSPS) is 23.0. The second-order valence-electron chi connectivity index (χ2n) is 9.17. The van der Waals surface area contributed by atoms with Gasteiger partial charge in [-0.2, -0.15) is 0 Å². The van der Waals surface area contributed by atoms with Crippen molar-refractivity contribution in [2.45, 2.75) is 71.1 Å². The Hall–Kier alpha value is -1.34. The number of amides is 2. The van der Waals surface area contributed by atoms with Crippen LogP contribution in [-0.2, 0) is 9.53 Å². The van der Waals surface area contributed by atoms with Gasteiger partial charge in [0.15, 0.2) is 0 Å². The molecule has 2 aliphatic rings. The fraction of sp³-hybridized carbons (Fsp3) is 0.900. The summed E-state index contributed by atoms with van der Waals surface area (Å²) in [6, 6.07) is -0.972. The molecule has 2 rings (SSSR count). The van der Waals surface area contributed by atoms with E-state index in [1.54, 1.807) is 25.7 Å². The molecule has 0 aromatic carbocycles. The monoisotopic (exact) mass is 383 g/mol. The minimum Gasteiger partial charge on any atom is -0.444 e. The Balaban J connectivity index is 1.87. The highest BCUT2D eigenvalue weighted by Gasteiger charge is 2.35. The molecular weight excluding hydrogens is 346 g/mol. The topological polar surface area (TPSA) is 82.1 Å². The lowest BCUT2D eigenvalue weighted by molar-refractivity contribution is -0.137. The Morgan fingerprint density at radius 2 is 1.52 bits per heavy atom. The minimum atomic E-state index is -0.975. The number of alkyl carbamates (subject to hydrolysis) is 1. The molecule has 0 aromatic rings. The van der Waals surface area contributed by atoms with Gasteiger partial charge in [0.2, 0.25) is 5.91 Å². The highest BCUT2D eigenvalue weighted by atomic mass is 16.6. The molecule has 0 radical (unpaired) electrons. The van der Waals surface area contributed by atoms with E-state index < -0.39 is 23.8 Å². The van der Waals surface area contributed by atoms with E-state index in [4.69, 9.17) is 4.74 Å². The molecule has 0 saturated carbocycles. The Labute approximate surface area is 163 Å². The van der Waals surface area contributed by atoms with Crippen LogP contribution in [0.25, 0.3) is 0 Å². The predicted octanol–water partition coefficient (Wildman–Crippen LogP) is 1.84. The van der Waals surface area contributed by atoms with Crippen molar-refractivity contribution in [2.75, 3.05) is 33.2 Å². The van der Waals surface area contributed by atoms with E-state index in [0.717, 1.165) is 31.8 Å². The number of carbonyl (C=O) groups excluding carboxylic acids is 2. The van der Waals surface area contributed by atoms with E-state index >= 15 is 0 Å². The average Bonchev–Trinajstić information content (AvgIpc) is 2.58. The van der Waals surface area contributed by atoms with Crippen LogP contribution in [0.3, 0.4) is 0 Å².